The van der Waals surface area contributed by atoms with E-state index in [0.29, 0.717) is 19.4 Å². The number of rotatable bonds is 47. The highest BCUT2D eigenvalue weighted by Crippen LogP contribution is 2.16. The van der Waals surface area contributed by atoms with Crippen molar-refractivity contribution in [3.8, 4) is 0 Å². The summed E-state index contributed by atoms with van der Waals surface area (Å²) in [6, 6.07) is -0.630. The molecule has 6 nitrogen and oxygen atoms in total. The van der Waals surface area contributed by atoms with Crippen molar-refractivity contribution < 1.29 is 24.5 Å². The molecule has 0 aliphatic rings. The summed E-state index contributed by atoms with van der Waals surface area (Å²) in [7, 11) is 0. The molecule has 0 aromatic heterocycles. The quantitative estimate of drug-likeness (QED) is 0.0323. The Kier molecular flexibility index (Phi) is 46.6. The summed E-state index contributed by atoms with van der Waals surface area (Å²) in [5.41, 5.74) is 0. The van der Waals surface area contributed by atoms with Gasteiger partial charge in [0, 0.05) is 12.8 Å². The van der Waals surface area contributed by atoms with Crippen LogP contribution in [0.5, 0.6) is 0 Å². The van der Waals surface area contributed by atoms with Gasteiger partial charge in [-0.2, -0.15) is 0 Å². The highest BCUT2D eigenvalue weighted by atomic mass is 16.5. The molecule has 6 heteroatoms. The van der Waals surface area contributed by atoms with E-state index in [1.807, 2.05) is 6.08 Å². The fraction of sp³-hybridized carbons (Fsp3) is 0.885. The zero-order valence-corrected chi connectivity index (χ0v) is 38.8. The van der Waals surface area contributed by atoms with Crippen LogP contribution in [0.2, 0.25) is 0 Å². The molecule has 0 spiro atoms. The summed E-state index contributed by atoms with van der Waals surface area (Å²) in [6.45, 7) is 4.84. The maximum absolute atomic E-state index is 12.4. The third-order valence-corrected chi connectivity index (χ3v) is 11.7. The van der Waals surface area contributed by atoms with Crippen molar-refractivity contribution in [3.05, 3.63) is 24.3 Å². The lowest BCUT2D eigenvalue weighted by Crippen LogP contribution is -2.45. The molecule has 0 aromatic carbocycles. The summed E-state index contributed by atoms with van der Waals surface area (Å²) in [5.74, 6) is -0.0810. The van der Waals surface area contributed by atoms with E-state index in [9.17, 15) is 19.8 Å². The molecule has 0 saturated heterocycles. The standard InChI is InChI=1S/C52H99NO5/c1-3-5-7-9-11-13-15-21-25-28-32-36-40-44-50(55)49(48-54)53-51(56)45-41-37-33-29-26-22-19-17-16-18-20-23-27-31-35-39-43-47-58-52(57)46-42-38-34-30-24-14-12-10-8-6-4-2/h10,12,40,44,49-50,54-55H,3-9,11,13-39,41-43,45-48H2,1-2H3,(H,53,56)/b12-10-,44-40+. The molecule has 0 radical (unpaired) electrons. The predicted molar refractivity (Wildman–Crippen MR) is 250 cm³/mol. The average molecular weight is 818 g/mol. The van der Waals surface area contributed by atoms with Crippen molar-refractivity contribution in [1.82, 2.24) is 5.32 Å². The minimum absolute atomic E-state index is 0.00707. The second-order valence-corrected chi connectivity index (χ2v) is 17.5. The molecule has 58 heavy (non-hydrogen) atoms. The first-order valence-corrected chi connectivity index (χ1v) is 25.6. The van der Waals surface area contributed by atoms with E-state index < -0.39 is 12.1 Å². The van der Waals surface area contributed by atoms with Crippen LogP contribution in [0.25, 0.3) is 0 Å². The van der Waals surface area contributed by atoms with Gasteiger partial charge >= 0.3 is 5.97 Å². The monoisotopic (exact) mass is 818 g/mol. The summed E-state index contributed by atoms with van der Waals surface area (Å²) in [6.07, 6.45) is 56.0. The Morgan fingerprint density at radius 2 is 0.828 bits per heavy atom. The Bertz CT molecular complexity index is 904. The molecule has 0 rings (SSSR count). The fourth-order valence-electron chi connectivity index (χ4n) is 7.73. The number of aliphatic hydroxyl groups is 2. The zero-order valence-electron chi connectivity index (χ0n) is 38.8. The van der Waals surface area contributed by atoms with Crippen molar-refractivity contribution in [3.63, 3.8) is 0 Å². The Labute approximate surface area is 361 Å². The molecule has 2 unspecified atom stereocenters. The van der Waals surface area contributed by atoms with Crippen LogP contribution in [0.4, 0.5) is 0 Å². The van der Waals surface area contributed by atoms with Gasteiger partial charge in [0.2, 0.25) is 5.91 Å². The molecular weight excluding hydrogens is 719 g/mol. The molecule has 0 heterocycles. The van der Waals surface area contributed by atoms with E-state index in [-0.39, 0.29) is 18.5 Å². The molecule has 3 N–H and O–H groups in total. The smallest absolute Gasteiger partial charge is 0.305 e. The lowest BCUT2D eigenvalue weighted by molar-refractivity contribution is -0.143. The second kappa shape index (κ2) is 48.0. The number of nitrogens with one attached hydrogen (secondary N) is 1. The van der Waals surface area contributed by atoms with E-state index in [0.717, 1.165) is 44.9 Å². The Hall–Kier alpha value is -1.66. The van der Waals surface area contributed by atoms with Crippen molar-refractivity contribution in [1.29, 1.82) is 0 Å². The Morgan fingerprint density at radius 1 is 0.466 bits per heavy atom. The lowest BCUT2D eigenvalue weighted by atomic mass is 10.0. The van der Waals surface area contributed by atoms with Gasteiger partial charge in [-0.3, -0.25) is 9.59 Å². The van der Waals surface area contributed by atoms with Gasteiger partial charge in [-0.15, -0.1) is 0 Å². The number of aliphatic hydroxyl groups excluding tert-OH is 2. The molecule has 0 bridgehead atoms. The maximum atomic E-state index is 12.4. The normalized spacial score (nSPS) is 12.8. The van der Waals surface area contributed by atoms with Crippen LogP contribution in [-0.2, 0) is 14.3 Å². The highest BCUT2D eigenvalue weighted by molar-refractivity contribution is 5.76. The van der Waals surface area contributed by atoms with Crippen LogP contribution in [0, 0.1) is 0 Å². The predicted octanol–water partition coefficient (Wildman–Crippen LogP) is 15.1. The topological polar surface area (TPSA) is 95.9 Å². The van der Waals surface area contributed by atoms with Crippen molar-refractivity contribution in [2.24, 2.45) is 0 Å². The number of carbonyl (C=O) groups is 2. The van der Waals surface area contributed by atoms with Crippen LogP contribution >= 0.6 is 0 Å². The molecular formula is C52H99NO5. The van der Waals surface area contributed by atoms with Gasteiger partial charge in [0.25, 0.3) is 0 Å². The van der Waals surface area contributed by atoms with Gasteiger partial charge < -0.3 is 20.3 Å². The van der Waals surface area contributed by atoms with Gasteiger partial charge in [-0.25, -0.2) is 0 Å². The van der Waals surface area contributed by atoms with Crippen LogP contribution < -0.4 is 5.32 Å². The molecule has 0 saturated carbocycles. The van der Waals surface area contributed by atoms with Gasteiger partial charge in [0.05, 0.1) is 25.4 Å². The average Bonchev–Trinajstić information content (AvgIpc) is 3.22. The third-order valence-electron chi connectivity index (χ3n) is 11.7. The molecule has 0 aliphatic heterocycles. The number of hydrogen-bond donors (Lipinski definition) is 3. The highest BCUT2D eigenvalue weighted by Gasteiger charge is 2.18. The SMILES string of the molecule is CCCC/C=C\CCCCCCCC(=O)OCCCCCCCCCCCCCCCCCCCC(=O)NC(CO)C(O)/C=C/CCCCCCCCCCCCC. The van der Waals surface area contributed by atoms with Gasteiger partial charge in [-0.05, 0) is 51.4 Å². The van der Waals surface area contributed by atoms with Crippen LogP contribution in [0.15, 0.2) is 24.3 Å². The summed E-state index contributed by atoms with van der Waals surface area (Å²) < 4.78 is 5.44. The minimum Gasteiger partial charge on any atom is -0.466 e. The molecule has 0 aliphatic carbocycles. The number of hydrogen-bond acceptors (Lipinski definition) is 5. The number of carbonyl (C=O) groups excluding carboxylic acids is 2. The summed E-state index contributed by atoms with van der Waals surface area (Å²) >= 11 is 0. The molecule has 0 aromatic rings. The third kappa shape index (κ3) is 43.9. The first-order valence-electron chi connectivity index (χ1n) is 25.6. The molecule has 2 atom stereocenters. The maximum Gasteiger partial charge on any atom is 0.305 e. The molecule has 342 valence electrons. The van der Waals surface area contributed by atoms with E-state index >= 15 is 0 Å². The first-order chi connectivity index (χ1) is 28.5. The van der Waals surface area contributed by atoms with E-state index in [4.69, 9.17) is 4.74 Å². The van der Waals surface area contributed by atoms with Gasteiger partial charge in [-0.1, -0.05) is 231 Å². The van der Waals surface area contributed by atoms with Crippen molar-refractivity contribution in [2.75, 3.05) is 13.2 Å². The lowest BCUT2D eigenvalue weighted by Gasteiger charge is -2.20. The van der Waals surface area contributed by atoms with Crippen LogP contribution in [0.1, 0.15) is 271 Å². The largest absolute Gasteiger partial charge is 0.466 e. The molecule has 0 fully saturated rings. The summed E-state index contributed by atoms with van der Waals surface area (Å²) in [4.78, 5) is 24.4. The van der Waals surface area contributed by atoms with Gasteiger partial charge in [0.15, 0.2) is 0 Å². The van der Waals surface area contributed by atoms with Crippen molar-refractivity contribution in [2.45, 2.75) is 283 Å². The Balaban J connectivity index is 3.45. The minimum atomic E-state index is -0.846. The number of esters is 1. The van der Waals surface area contributed by atoms with Crippen molar-refractivity contribution >= 4 is 11.9 Å². The summed E-state index contributed by atoms with van der Waals surface area (Å²) in [5, 5.41) is 23.0. The zero-order chi connectivity index (χ0) is 42.3. The number of allylic oxidation sites excluding steroid dienone is 3. The first kappa shape index (κ1) is 56.3. The number of ether oxygens (including phenoxy) is 1. The van der Waals surface area contributed by atoms with E-state index in [1.165, 1.54) is 199 Å². The second-order valence-electron chi connectivity index (χ2n) is 17.5. The van der Waals surface area contributed by atoms with E-state index in [2.05, 4.69) is 31.3 Å². The number of amides is 1. The Morgan fingerprint density at radius 3 is 1.28 bits per heavy atom. The van der Waals surface area contributed by atoms with Crippen LogP contribution in [0.3, 0.4) is 0 Å². The molecule has 1 amide bonds. The van der Waals surface area contributed by atoms with Gasteiger partial charge in [0.1, 0.15) is 0 Å². The number of unbranched alkanes of at least 4 members (excludes halogenated alkanes) is 34. The van der Waals surface area contributed by atoms with Crippen LogP contribution in [-0.4, -0.2) is 47.4 Å². The fourth-order valence-corrected chi connectivity index (χ4v) is 7.73. The van der Waals surface area contributed by atoms with E-state index in [1.54, 1.807) is 6.08 Å².